The lowest BCUT2D eigenvalue weighted by Crippen LogP contribution is -2.12. The lowest BCUT2D eigenvalue weighted by Gasteiger charge is -2.08. The SMILES string of the molecule is CSc1ccc(NC(=O)c2ccccc2Cl)cc1C#N. The number of anilines is 1. The molecular formula is C15H11ClN2OS. The van der Waals surface area contributed by atoms with Crippen molar-refractivity contribution in [3.05, 3.63) is 58.6 Å². The van der Waals surface area contributed by atoms with E-state index >= 15 is 0 Å². The number of carbonyl (C=O) groups is 1. The molecule has 0 spiro atoms. The largest absolute Gasteiger partial charge is 0.322 e. The molecule has 0 radical (unpaired) electrons. The monoisotopic (exact) mass is 302 g/mol. The van der Waals surface area contributed by atoms with Gasteiger partial charge in [0, 0.05) is 10.6 Å². The fraction of sp³-hybridized carbons (Fsp3) is 0.0667. The van der Waals surface area contributed by atoms with Crippen LogP contribution in [0.4, 0.5) is 5.69 Å². The fourth-order valence-corrected chi connectivity index (χ4v) is 2.47. The Morgan fingerprint density at radius 3 is 2.70 bits per heavy atom. The molecule has 0 saturated carbocycles. The van der Waals surface area contributed by atoms with Gasteiger partial charge < -0.3 is 5.32 Å². The van der Waals surface area contributed by atoms with Crippen LogP contribution in [0.1, 0.15) is 15.9 Å². The molecule has 0 aromatic heterocycles. The summed E-state index contributed by atoms with van der Waals surface area (Å²) in [7, 11) is 0. The van der Waals surface area contributed by atoms with E-state index in [4.69, 9.17) is 16.9 Å². The second-order valence-electron chi connectivity index (χ2n) is 3.96. The first kappa shape index (κ1) is 14.4. The minimum Gasteiger partial charge on any atom is -0.322 e. The van der Waals surface area contributed by atoms with Crippen molar-refractivity contribution in [2.75, 3.05) is 11.6 Å². The number of benzene rings is 2. The van der Waals surface area contributed by atoms with Gasteiger partial charge in [-0.25, -0.2) is 0 Å². The second-order valence-corrected chi connectivity index (χ2v) is 5.22. The third-order valence-electron chi connectivity index (χ3n) is 2.70. The summed E-state index contributed by atoms with van der Waals surface area (Å²) < 4.78 is 0. The topological polar surface area (TPSA) is 52.9 Å². The van der Waals surface area contributed by atoms with Gasteiger partial charge >= 0.3 is 0 Å². The summed E-state index contributed by atoms with van der Waals surface area (Å²) in [5.41, 5.74) is 1.51. The van der Waals surface area contributed by atoms with E-state index in [0.29, 0.717) is 21.8 Å². The minimum atomic E-state index is -0.295. The Balaban J connectivity index is 2.25. The lowest BCUT2D eigenvalue weighted by atomic mass is 10.2. The van der Waals surface area contributed by atoms with Crippen molar-refractivity contribution in [1.29, 1.82) is 5.26 Å². The van der Waals surface area contributed by atoms with Crippen LogP contribution in [-0.2, 0) is 0 Å². The van der Waals surface area contributed by atoms with Crippen LogP contribution < -0.4 is 5.32 Å². The van der Waals surface area contributed by atoms with Crippen molar-refractivity contribution in [2.24, 2.45) is 0 Å². The van der Waals surface area contributed by atoms with Crippen molar-refractivity contribution >= 4 is 35.0 Å². The molecule has 0 atom stereocenters. The van der Waals surface area contributed by atoms with Crippen molar-refractivity contribution < 1.29 is 4.79 Å². The fourth-order valence-electron chi connectivity index (χ4n) is 1.72. The number of nitrogens with one attached hydrogen (secondary N) is 1. The zero-order valence-electron chi connectivity index (χ0n) is 10.7. The molecule has 0 aliphatic heterocycles. The van der Waals surface area contributed by atoms with Crippen LogP contribution in [0.5, 0.6) is 0 Å². The molecule has 1 N–H and O–H groups in total. The molecule has 0 saturated heterocycles. The first-order chi connectivity index (χ1) is 9.65. The van der Waals surface area contributed by atoms with E-state index in [1.807, 2.05) is 12.3 Å². The molecule has 1 amide bonds. The Morgan fingerprint density at radius 1 is 1.30 bits per heavy atom. The number of nitriles is 1. The van der Waals surface area contributed by atoms with Crippen LogP contribution in [0.15, 0.2) is 47.4 Å². The van der Waals surface area contributed by atoms with Gasteiger partial charge in [-0.3, -0.25) is 4.79 Å². The molecule has 0 fully saturated rings. The van der Waals surface area contributed by atoms with Crippen LogP contribution in [0.2, 0.25) is 5.02 Å². The summed E-state index contributed by atoms with van der Waals surface area (Å²) in [6.45, 7) is 0. The zero-order valence-corrected chi connectivity index (χ0v) is 12.3. The molecular weight excluding hydrogens is 292 g/mol. The standard InChI is InChI=1S/C15H11ClN2OS/c1-20-14-7-6-11(8-10(14)9-17)18-15(19)12-4-2-3-5-13(12)16/h2-8H,1H3,(H,18,19). The summed E-state index contributed by atoms with van der Waals surface area (Å²) in [5, 5.41) is 12.2. The Hall–Kier alpha value is -1.96. The molecule has 100 valence electrons. The maximum atomic E-state index is 12.1. The van der Waals surface area contributed by atoms with Gasteiger partial charge in [0.15, 0.2) is 0 Å². The average molecular weight is 303 g/mol. The molecule has 3 nitrogen and oxygen atoms in total. The molecule has 5 heteroatoms. The first-order valence-electron chi connectivity index (χ1n) is 5.79. The summed E-state index contributed by atoms with van der Waals surface area (Å²) >= 11 is 7.47. The molecule has 20 heavy (non-hydrogen) atoms. The highest BCUT2D eigenvalue weighted by Crippen LogP contribution is 2.24. The van der Waals surface area contributed by atoms with Gasteiger partial charge in [-0.15, -0.1) is 11.8 Å². The lowest BCUT2D eigenvalue weighted by molar-refractivity contribution is 0.102. The Bertz CT molecular complexity index is 695. The van der Waals surface area contributed by atoms with Crippen LogP contribution in [0.25, 0.3) is 0 Å². The highest BCUT2D eigenvalue weighted by atomic mass is 35.5. The Morgan fingerprint density at radius 2 is 2.05 bits per heavy atom. The summed E-state index contributed by atoms with van der Waals surface area (Å²) in [6, 6.07) is 14.2. The van der Waals surface area contributed by atoms with Crippen LogP contribution in [-0.4, -0.2) is 12.2 Å². The van der Waals surface area contributed by atoms with Crippen molar-refractivity contribution in [3.8, 4) is 6.07 Å². The number of carbonyl (C=O) groups excluding carboxylic acids is 1. The molecule has 2 rings (SSSR count). The number of amides is 1. The number of nitrogens with zero attached hydrogens (tertiary/aromatic N) is 1. The quantitative estimate of drug-likeness (QED) is 0.865. The van der Waals surface area contributed by atoms with Gasteiger partial charge in [-0.2, -0.15) is 5.26 Å². The number of halogens is 1. The highest BCUT2D eigenvalue weighted by molar-refractivity contribution is 7.98. The number of hydrogen-bond acceptors (Lipinski definition) is 3. The summed E-state index contributed by atoms with van der Waals surface area (Å²) in [5.74, 6) is -0.295. The minimum absolute atomic E-state index is 0.295. The average Bonchev–Trinajstić information content (AvgIpc) is 2.47. The highest BCUT2D eigenvalue weighted by Gasteiger charge is 2.10. The first-order valence-corrected chi connectivity index (χ1v) is 7.40. The molecule has 0 aliphatic carbocycles. The molecule has 2 aromatic rings. The van der Waals surface area contributed by atoms with Crippen LogP contribution >= 0.6 is 23.4 Å². The number of rotatable bonds is 3. The van der Waals surface area contributed by atoms with E-state index in [0.717, 1.165) is 4.90 Å². The summed E-state index contributed by atoms with van der Waals surface area (Å²) in [6.07, 6.45) is 1.90. The van der Waals surface area contributed by atoms with E-state index in [1.54, 1.807) is 36.4 Å². The third-order valence-corrected chi connectivity index (χ3v) is 3.82. The van der Waals surface area contributed by atoms with Gasteiger partial charge in [0.25, 0.3) is 5.91 Å². The van der Waals surface area contributed by atoms with Crippen LogP contribution in [0, 0.1) is 11.3 Å². The van der Waals surface area contributed by atoms with E-state index in [1.165, 1.54) is 11.8 Å². The predicted molar refractivity (Wildman–Crippen MR) is 82.3 cm³/mol. The van der Waals surface area contributed by atoms with Gasteiger partial charge in [-0.1, -0.05) is 23.7 Å². The van der Waals surface area contributed by atoms with Crippen molar-refractivity contribution in [3.63, 3.8) is 0 Å². The summed E-state index contributed by atoms with van der Waals surface area (Å²) in [4.78, 5) is 13.0. The van der Waals surface area contributed by atoms with E-state index < -0.39 is 0 Å². The smallest absolute Gasteiger partial charge is 0.257 e. The Kier molecular flexibility index (Phi) is 4.67. The number of thioether (sulfide) groups is 1. The van der Waals surface area contributed by atoms with Crippen molar-refractivity contribution in [1.82, 2.24) is 0 Å². The molecule has 0 heterocycles. The molecule has 0 aliphatic rings. The van der Waals surface area contributed by atoms with E-state index in [-0.39, 0.29) is 5.91 Å². The van der Waals surface area contributed by atoms with Gasteiger partial charge in [0.2, 0.25) is 0 Å². The maximum Gasteiger partial charge on any atom is 0.257 e. The van der Waals surface area contributed by atoms with Gasteiger partial charge in [0.05, 0.1) is 16.1 Å². The third kappa shape index (κ3) is 3.13. The molecule has 0 bridgehead atoms. The normalized spacial score (nSPS) is 9.85. The van der Waals surface area contributed by atoms with Crippen molar-refractivity contribution in [2.45, 2.75) is 4.90 Å². The number of hydrogen-bond donors (Lipinski definition) is 1. The van der Waals surface area contributed by atoms with E-state index in [9.17, 15) is 4.79 Å². The molecule has 0 unspecified atom stereocenters. The Labute approximate surface area is 126 Å². The van der Waals surface area contributed by atoms with E-state index in [2.05, 4.69) is 11.4 Å². The van der Waals surface area contributed by atoms with Gasteiger partial charge in [-0.05, 0) is 36.6 Å². The second kappa shape index (κ2) is 6.47. The van der Waals surface area contributed by atoms with Crippen LogP contribution in [0.3, 0.4) is 0 Å². The zero-order chi connectivity index (χ0) is 14.5. The maximum absolute atomic E-state index is 12.1. The predicted octanol–water partition coefficient (Wildman–Crippen LogP) is 4.19. The van der Waals surface area contributed by atoms with Gasteiger partial charge in [0.1, 0.15) is 6.07 Å². The molecule has 2 aromatic carbocycles.